The molecule has 0 radical (unpaired) electrons. The van der Waals surface area contributed by atoms with Crippen molar-refractivity contribution >= 4 is 11.7 Å². The first-order valence-electron chi connectivity index (χ1n) is 6.91. The Hall–Kier alpha value is -1.46. The lowest BCUT2D eigenvalue weighted by Crippen LogP contribution is -2.23. The number of hydrogen-bond donors (Lipinski definition) is 1. The normalized spacial score (nSPS) is 10.0. The minimum absolute atomic E-state index is 0.0804. The molecule has 0 fully saturated rings. The van der Waals surface area contributed by atoms with Gasteiger partial charge in [0.1, 0.15) is 0 Å². The molecule has 20 heavy (non-hydrogen) atoms. The molecule has 0 aromatic carbocycles. The summed E-state index contributed by atoms with van der Waals surface area (Å²) in [6.45, 7) is 9.69. The lowest BCUT2D eigenvalue weighted by atomic mass is 10.2. The molecule has 0 heterocycles. The monoisotopic (exact) mass is 283 g/mol. The summed E-state index contributed by atoms with van der Waals surface area (Å²) in [5.74, 6) is -0.0832. The molecule has 0 bridgehead atoms. The van der Waals surface area contributed by atoms with Crippen LogP contribution in [0.25, 0.3) is 0 Å². The zero-order valence-electron chi connectivity index (χ0n) is 12.1. The Kier molecular flexibility index (Phi) is 12.9. The molecule has 0 atom stereocenters. The van der Waals surface area contributed by atoms with Crippen LogP contribution in [0.15, 0.2) is 25.3 Å². The van der Waals surface area contributed by atoms with E-state index in [1.165, 1.54) is 12.2 Å². The minimum Gasteiger partial charge on any atom is -0.379 e. The molecule has 5 nitrogen and oxygen atoms in total. The number of ketones is 1. The van der Waals surface area contributed by atoms with Gasteiger partial charge in [-0.3, -0.25) is 9.59 Å². The number of nitrogens with one attached hydrogen (secondary N) is 1. The summed E-state index contributed by atoms with van der Waals surface area (Å²) in [7, 11) is 0. The second-order valence-electron chi connectivity index (χ2n) is 4.20. The molecular formula is C15H25NO4. The first kappa shape index (κ1) is 18.5. The quantitative estimate of drug-likeness (QED) is 0.389. The molecule has 0 aliphatic carbocycles. The first-order chi connectivity index (χ1) is 9.70. The number of carbonyl (C=O) groups is 2. The van der Waals surface area contributed by atoms with Crippen LogP contribution in [0.1, 0.15) is 25.7 Å². The maximum Gasteiger partial charge on any atom is 0.243 e. The van der Waals surface area contributed by atoms with Crippen molar-refractivity contribution in [3.8, 4) is 0 Å². The van der Waals surface area contributed by atoms with Crippen LogP contribution in [0.5, 0.6) is 0 Å². The molecule has 114 valence electrons. The number of rotatable bonds is 14. The number of allylic oxidation sites excluding steroid dienone is 1. The van der Waals surface area contributed by atoms with Crippen LogP contribution in [0.4, 0.5) is 0 Å². The highest BCUT2D eigenvalue weighted by atomic mass is 16.5. The topological polar surface area (TPSA) is 64.6 Å². The van der Waals surface area contributed by atoms with Gasteiger partial charge in [-0.2, -0.15) is 0 Å². The standard InChI is InChI=1S/C15H25NO4/c1-3-14(17)8-5-6-10-19-12-13-20-11-7-9-16-15(18)4-2/h3-4H,1-2,5-13H2,(H,16,18). The Morgan fingerprint density at radius 2 is 1.55 bits per heavy atom. The zero-order valence-corrected chi connectivity index (χ0v) is 12.1. The van der Waals surface area contributed by atoms with Gasteiger partial charge in [-0.1, -0.05) is 13.2 Å². The van der Waals surface area contributed by atoms with E-state index in [4.69, 9.17) is 9.47 Å². The highest BCUT2D eigenvalue weighted by molar-refractivity contribution is 5.88. The van der Waals surface area contributed by atoms with Crippen molar-refractivity contribution in [3.63, 3.8) is 0 Å². The molecule has 5 heteroatoms. The smallest absolute Gasteiger partial charge is 0.243 e. The Labute approximate surface area is 121 Å². The maximum atomic E-state index is 10.9. The van der Waals surface area contributed by atoms with Gasteiger partial charge >= 0.3 is 0 Å². The highest BCUT2D eigenvalue weighted by Gasteiger charge is 1.96. The average molecular weight is 283 g/mol. The van der Waals surface area contributed by atoms with E-state index >= 15 is 0 Å². The van der Waals surface area contributed by atoms with Gasteiger partial charge in [0.05, 0.1) is 13.2 Å². The molecule has 0 aromatic heterocycles. The predicted molar refractivity (Wildman–Crippen MR) is 78.5 cm³/mol. The van der Waals surface area contributed by atoms with Crippen LogP contribution in [-0.4, -0.2) is 44.7 Å². The van der Waals surface area contributed by atoms with Gasteiger partial charge < -0.3 is 14.8 Å². The summed E-state index contributed by atoms with van der Waals surface area (Å²) >= 11 is 0. The molecule has 0 saturated carbocycles. The van der Waals surface area contributed by atoms with E-state index < -0.39 is 0 Å². The first-order valence-corrected chi connectivity index (χ1v) is 6.91. The molecule has 0 aromatic rings. The van der Waals surface area contributed by atoms with Crippen molar-refractivity contribution in [1.29, 1.82) is 0 Å². The van der Waals surface area contributed by atoms with Crippen molar-refractivity contribution in [2.24, 2.45) is 0 Å². The molecule has 0 aliphatic rings. The highest BCUT2D eigenvalue weighted by Crippen LogP contribution is 1.97. The van der Waals surface area contributed by atoms with Crippen LogP contribution in [0.2, 0.25) is 0 Å². The maximum absolute atomic E-state index is 10.9. The third-order valence-corrected chi connectivity index (χ3v) is 2.51. The SMILES string of the molecule is C=CC(=O)CCCCOCCOCCCNC(=O)C=C. The van der Waals surface area contributed by atoms with Crippen molar-refractivity contribution in [2.45, 2.75) is 25.7 Å². The van der Waals surface area contributed by atoms with Gasteiger partial charge in [-0.25, -0.2) is 0 Å². The second-order valence-corrected chi connectivity index (χ2v) is 4.20. The van der Waals surface area contributed by atoms with E-state index in [0.717, 1.165) is 19.3 Å². The molecule has 0 spiro atoms. The Bertz CT molecular complexity index is 272. The van der Waals surface area contributed by atoms with Crippen molar-refractivity contribution in [3.05, 3.63) is 25.3 Å². The summed E-state index contributed by atoms with van der Waals surface area (Å²) in [6, 6.07) is 0. The number of amides is 1. The summed E-state index contributed by atoms with van der Waals surface area (Å²) in [6.07, 6.45) is 5.61. The van der Waals surface area contributed by atoms with Gasteiger partial charge in [-0.05, 0) is 31.4 Å². The average Bonchev–Trinajstić information content (AvgIpc) is 2.47. The molecule has 0 rings (SSSR count). The van der Waals surface area contributed by atoms with E-state index in [1.807, 2.05) is 0 Å². The second kappa shape index (κ2) is 14.0. The Morgan fingerprint density at radius 3 is 2.15 bits per heavy atom. The predicted octanol–water partition coefficient (Wildman–Crippen LogP) is 1.64. The lowest BCUT2D eigenvalue weighted by Gasteiger charge is -2.06. The largest absolute Gasteiger partial charge is 0.379 e. The van der Waals surface area contributed by atoms with Crippen molar-refractivity contribution in [1.82, 2.24) is 5.32 Å². The third kappa shape index (κ3) is 13.0. The van der Waals surface area contributed by atoms with Crippen LogP contribution >= 0.6 is 0 Å². The van der Waals surface area contributed by atoms with E-state index in [-0.39, 0.29) is 11.7 Å². The van der Waals surface area contributed by atoms with Gasteiger partial charge in [0.25, 0.3) is 0 Å². The van der Waals surface area contributed by atoms with Crippen LogP contribution in [0, 0.1) is 0 Å². The number of unbranched alkanes of at least 4 members (excludes halogenated alkanes) is 1. The number of carbonyl (C=O) groups excluding carboxylic acids is 2. The Balaban J connectivity index is 3.09. The fraction of sp³-hybridized carbons (Fsp3) is 0.600. The molecule has 1 amide bonds. The molecule has 1 N–H and O–H groups in total. The van der Waals surface area contributed by atoms with Crippen LogP contribution in [0.3, 0.4) is 0 Å². The number of hydrogen-bond acceptors (Lipinski definition) is 4. The Morgan fingerprint density at radius 1 is 0.900 bits per heavy atom. The third-order valence-electron chi connectivity index (χ3n) is 2.51. The summed E-state index contributed by atoms with van der Waals surface area (Å²) < 4.78 is 10.7. The molecule has 0 saturated heterocycles. The van der Waals surface area contributed by atoms with Gasteiger partial charge in [0.15, 0.2) is 5.78 Å². The molecule has 0 unspecified atom stereocenters. The molecular weight excluding hydrogens is 258 g/mol. The van der Waals surface area contributed by atoms with Crippen molar-refractivity contribution in [2.75, 3.05) is 33.0 Å². The minimum atomic E-state index is -0.164. The van der Waals surface area contributed by atoms with E-state index in [2.05, 4.69) is 18.5 Å². The number of ether oxygens (including phenoxy) is 2. The van der Waals surface area contributed by atoms with Crippen LogP contribution in [-0.2, 0) is 19.1 Å². The lowest BCUT2D eigenvalue weighted by molar-refractivity contribution is -0.116. The zero-order chi connectivity index (χ0) is 15.1. The summed E-state index contributed by atoms with van der Waals surface area (Å²) in [5.41, 5.74) is 0. The van der Waals surface area contributed by atoms with Crippen molar-refractivity contribution < 1.29 is 19.1 Å². The van der Waals surface area contributed by atoms with E-state index in [1.54, 1.807) is 0 Å². The van der Waals surface area contributed by atoms with Gasteiger partial charge in [0, 0.05) is 26.2 Å². The van der Waals surface area contributed by atoms with E-state index in [0.29, 0.717) is 39.4 Å². The summed E-state index contributed by atoms with van der Waals surface area (Å²) in [5, 5.41) is 2.67. The van der Waals surface area contributed by atoms with Gasteiger partial charge in [-0.15, -0.1) is 0 Å². The van der Waals surface area contributed by atoms with E-state index in [9.17, 15) is 9.59 Å². The fourth-order valence-corrected chi connectivity index (χ4v) is 1.39. The molecule has 0 aliphatic heterocycles. The summed E-state index contributed by atoms with van der Waals surface area (Å²) in [4.78, 5) is 21.7. The fourth-order valence-electron chi connectivity index (χ4n) is 1.39. The van der Waals surface area contributed by atoms with Gasteiger partial charge in [0.2, 0.25) is 5.91 Å². The van der Waals surface area contributed by atoms with Crippen LogP contribution < -0.4 is 5.32 Å².